The van der Waals surface area contributed by atoms with E-state index in [1.165, 1.54) is 13.3 Å². The lowest BCUT2D eigenvalue weighted by Gasteiger charge is -2.18. The van der Waals surface area contributed by atoms with E-state index in [9.17, 15) is 18.3 Å². The Morgan fingerprint density at radius 2 is 1.91 bits per heavy atom. The first-order valence-electron chi connectivity index (χ1n) is 9.49. The van der Waals surface area contributed by atoms with Gasteiger partial charge in [-0.3, -0.25) is 4.98 Å². The van der Waals surface area contributed by atoms with Crippen LogP contribution in [0.2, 0.25) is 0 Å². The molecule has 0 saturated heterocycles. The summed E-state index contributed by atoms with van der Waals surface area (Å²) < 4.78 is 40.9. The second-order valence-corrected chi connectivity index (χ2v) is 8.67. The van der Waals surface area contributed by atoms with E-state index in [0.717, 1.165) is 11.8 Å². The zero-order valence-corrected chi connectivity index (χ0v) is 18.5. The Hall–Kier alpha value is -3.28. The smallest absolute Gasteiger partial charge is 0.360 e. The lowest BCUT2D eigenvalue weighted by Crippen LogP contribution is -2.28. The number of fused-ring (bicyclic) bond motifs is 1. The van der Waals surface area contributed by atoms with Crippen molar-refractivity contribution in [1.29, 1.82) is 0 Å². The monoisotopic (exact) mass is 461 g/mol. The van der Waals surface area contributed by atoms with E-state index < -0.39 is 22.1 Å². The number of benzene rings is 1. The zero-order valence-electron chi connectivity index (χ0n) is 17.7. The highest BCUT2D eigenvalue weighted by atomic mass is 32.2. The van der Waals surface area contributed by atoms with Crippen molar-refractivity contribution in [3.8, 4) is 11.5 Å². The predicted molar refractivity (Wildman–Crippen MR) is 116 cm³/mol. The van der Waals surface area contributed by atoms with E-state index in [1.807, 2.05) is 12.1 Å². The summed E-state index contributed by atoms with van der Waals surface area (Å²) >= 11 is 0. The molecule has 1 aromatic carbocycles. The molecule has 0 spiro atoms. The number of hydrogen-bond acceptors (Lipinski definition) is 9. The molecule has 0 aliphatic rings. The van der Waals surface area contributed by atoms with Gasteiger partial charge in [0.05, 0.1) is 26.2 Å². The number of methoxy groups -OCH3 is 2. The lowest BCUT2D eigenvalue weighted by molar-refractivity contribution is 0.0587. The molecular formula is C21H23N3O7S. The highest BCUT2D eigenvalue weighted by molar-refractivity contribution is 7.88. The van der Waals surface area contributed by atoms with Crippen molar-refractivity contribution in [2.24, 2.45) is 0 Å². The number of carbonyl (C=O) groups excluding carboxylic acids is 1. The van der Waals surface area contributed by atoms with Crippen LogP contribution in [0, 0.1) is 0 Å². The van der Waals surface area contributed by atoms with Crippen molar-refractivity contribution in [3.05, 3.63) is 59.5 Å². The summed E-state index contributed by atoms with van der Waals surface area (Å²) in [5.41, 5.74) is 0.985. The van der Waals surface area contributed by atoms with Crippen LogP contribution in [0.1, 0.15) is 27.8 Å². The van der Waals surface area contributed by atoms with Gasteiger partial charge in [-0.1, -0.05) is 12.1 Å². The van der Waals surface area contributed by atoms with Crippen LogP contribution in [0.15, 0.2) is 42.6 Å². The SMILES string of the molecule is COC(=O)c1nc(C(O)CNS(C)(=O)=O)c2cccnc2c1OCc1ccc(OC)cc1. The number of aromatic nitrogens is 2. The molecule has 3 rings (SSSR count). The van der Waals surface area contributed by atoms with E-state index in [-0.39, 0.29) is 35.8 Å². The van der Waals surface area contributed by atoms with Crippen LogP contribution in [-0.4, -0.2) is 56.5 Å². The highest BCUT2D eigenvalue weighted by Gasteiger charge is 2.25. The van der Waals surface area contributed by atoms with Gasteiger partial charge in [-0.05, 0) is 29.8 Å². The average Bonchev–Trinajstić information content (AvgIpc) is 2.80. The van der Waals surface area contributed by atoms with Crippen molar-refractivity contribution < 1.29 is 32.5 Å². The predicted octanol–water partition coefficient (Wildman–Crippen LogP) is 1.59. The van der Waals surface area contributed by atoms with Crippen molar-refractivity contribution in [3.63, 3.8) is 0 Å². The number of ether oxygens (including phenoxy) is 3. The quantitative estimate of drug-likeness (QED) is 0.455. The number of aliphatic hydroxyl groups excluding tert-OH is 1. The molecule has 2 aromatic heterocycles. The molecule has 1 atom stereocenters. The summed E-state index contributed by atoms with van der Waals surface area (Å²) in [6.45, 7) is -0.221. The van der Waals surface area contributed by atoms with Gasteiger partial charge in [0, 0.05) is 18.1 Å². The Morgan fingerprint density at radius 1 is 1.19 bits per heavy atom. The van der Waals surface area contributed by atoms with Gasteiger partial charge in [0.25, 0.3) is 0 Å². The summed E-state index contributed by atoms with van der Waals surface area (Å²) in [6.07, 6.45) is 1.15. The molecule has 2 N–H and O–H groups in total. The normalized spacial score (nSPS) is 12.4. The maximum absolute atomic E-state index is 12.5. The van der Waals surface area contributed by atoms with E-state index in [2.05, 4.69) is 14.7 Å². The molecule has 2 heterocycles. The molecule has 0 aliphatic carbocycles. The molecule has 0 radical (unpaired) electrons. The first-order chi connectivity index (χ1) is 15.2. The fourth-order valence-electron chi connectivity index (χ4n) is 2.97. The Bertz CT molecular complexity index is 1210. The van der Waals surface area contributed by atoms with E-state index in [0.29, 0.717) is 11.1 Å². The minimum Gasteiger partial charge on any atom is -0.497 e. The third kappa shape index (κ3) is 5.49. The molecule has 0 fully saturated rings. The number of nitrogens with zero attached hydrogens (tertiary/aromatic N) is 2. The van der Waals surface area contributed by atoms with E-state index >= 15 is 0 Å². The summed E-state index contributed by atoms with van der Waals surface area (Å²) in [7, 11) is -0.779. The summed E-state index contributed by atoms with van der Waals surface area (Å²) in [4.78, 5) is 21.0. The van der Waals surface area contributed by atoms with Gasteiger partial charge in [-0.25, -0.2) is 22.9 Å². The molecule has 10 nitrogen and oxygen atoms in total. The molecule has 0 saturated carbocycles. The molecule has 0 amide bonds. The van der Waals surface area contributed by atoms with E-state index in [4.69, 9.17) is 14.2 Å². The summed E-state index contributed by atoms with van der Waals surface area (Å²) in [5, 5.41) is 11.0. The molecule has 0 bridgehead atoms. The number of pyridine rings is 2. The molecule has 1 unspecified atom stereocenters. The van der Waals surface area contributed by atoms with Crippen molar-refractivity contribution in [2.75, 3.05) is 27.0 Å². The van der Waals surface area contributed by atoms with Crippen LogP contribution in [-0.2, 0) is 21.4 Å². The second kappa shape index (κ2) is 9.90. The third-order valence-corrected chi connectivity index (χ3v) is 5.21. The van der Waals surface area contributed by atoms with Crippen molar-refractivity contribution in [1.82, 2.24) is 14.7 Å². The van der Waals surface area contributed by atoms with Crippen LogP contribution in [0.4, 0.5) is 0 Å². The van der Waals surface area contributed by atoms with Gasteiger partial charge in [-0.2, -0.15) is 0 Å². The van der Waals surface area contributed by atoms with Gasteiger partial charge >= 0.3 is 5.97 Å². The molecular weight excluding hydrogens is 438 g/mol. The highest BCUT2D eigenvalue weighted by Crippen LogP contribution is 2.32. The first kappa shape index (κ1) is 23.4. The van der Waals surface area contributed by atoms with Gasteiger partial charge in [0.2, 0.25) is 10.0 Å². The number of hydrogen-bond donors (Lipinski definition) is 2. The first-order valence-corrected chi connectivity index (χ1v) is 11.4. The molecule has 170 valence electrons. The third-order valence-electron chi connectivity index (χ3n) is 4.52. The Morgan fingerprint density at radius 3 is 2.53 bits per heavy atom. The number of rotatable bonds is 9. The fraction of sp³-hybridized carbons (Fsp3) is 0.286. The lowest BCUT2D eigenvalue weighted by atomic mass is 10.1. The Labute approximate surface area is 185 Å². The Balaban J connectivity index is 2.03. The van der Waals surface area contributed by atoms with Crippen molar-refractivity contribution >= 4 is 26.9 Å². The largest absolute Gasteiger partial charge is 0.497 e. The average molecular weight is 461 g/mol. The number of nitrogens with one attached hydrogen (secondary N) is 1. The molecule has 0 aliphatic heterocycles. The topological polar surface area (TPSA) is 137 Å². The number of sulfonamides is 1. The van der Waals surface area contributed by atoms with Crippen LogP contribution in [0.25, 0.3) is 10.9 Å². The number of esters is 1. The van der Waals surface area contributed by atoms with Crippen LogP contribution >= 0.6 is 0 Å². The summed E-state index contributed by atoms with van der Waals surface area (Å²) in [5.74, 6) is 0.000855. The zero-order chi connectivity index (χ0) is 23.3. The van der Waals surface area contributed by atoms with Crippen LogP contribution in [0.5, 0.6) is 11.5 Å². The van der Waals surface area contributed by atoms with Gasteiger partial charge < -0.3 is 19.3 Å². The minimum absolute atomic E-state index is 0.0708. The van der Waals surface area contributed by atoms with E-state index in [1.54, 1.807) is 31.4 Å². The summed E-state index contributed by atoms with van der Waals surface area (Å²) in [6, 6.07) is 10.5. The number of aliphatic hydroxyl groups is 1. The minimum atomic E-state index is -3.54. The molecule has 11 heteroatoms. The van der Waals surface area contributed by atoms with Gasteiger partial charge in [0.1, 0.15) is 24.0 Å². The maximum atomic E-state index is 12.5. The van der Waals surface area contributed by atoms with Crippen LogP contribution < -0.4 is 14.2 Å². The van der Waals surface area contributed by atoms with Gasteiger partial charge in [0.15, 0.2) is 11.4 Å². The van der Waals surface area contributed by atoms with Gasteiger partial charge in [-0.15, -0.1) is 0 Å². The second-order valence-electron chi connectivity index (χ2n) is 6.84. The molecule has 32 heavy (non-hydrogen) atoms. The van der Waals surface area contributed by atoms with Crippen molar-refractivity contribution in [2.45, 2.75) is 12.7 Å². The standard InChI is InChI=1S/C21H23N3O7S/c1-29-14-8-6-13(7-9-14)12-31-20-18-15(5-4-10-22-18)17(24-19(20)21(26)30-2)16(25)11-23-32(3,27)28/h4-10,16,23,25H,11-12H2,1-3H3. The fourth-order valence-corrected chi connectivity index (χ4v) is 3.43. The van der Waals surface area contributed by atoms with Crippen LogP contribution in [0.3, 0.4) is 0 Å². The Kier molecular flexibility index (Phi) is 7.23. The maximum Gasteiger partial charge on any atom is 0.360 e. The number of carbonyl (C=O) groups is 1. The molecule has 3 aromatic rings.